The van der Waals surface area contributed by atoms with Gasteiger partial charge in [-0.2, -0.15) is 0 Å². The number of aromatic nitrogens is 2. The number of halogens is 1. The number of rotatable bonds is 11. The Morgan fingerprint density at radius 1 is 1.27 bits per heavy atom. The van der Waals surface area contributed by atoms with Crippen LogP contribution in [0.5, 0.6) is 0 Å². The maximum Gasteiger partial charge on any atom is 0.191 e. The van der Waals surface area contributed by atoms with Crippen molar-refractivity contribution >= 4 is 29.9 Å². The normalized spacial score (nSPS) is 16.3. The van der Waals surface area contributed by atoms with Gasteiger partial charge in [-0.05, 0) is 31.2 Å². The Bertz CT molecular complexity index is 732. The Morgan fingerprint density at radius 3 is 2.90 bits per heavy atom. The fraction of sp³-hybridized carbons (Fsp3) is 0.545. The lowest BCUT2D eigenvalue weighted by atomic mass is 10.1. The third-order valence-corrected chi connectivity index (χ3v) is 5.00. The Morgan fingerprint density at radius 2 is 2.13 bits per heavy atom. The molecule has 30 heavy (non-hydrogen) atoms. The zero-order chi connectivity index (χ0) is 20.2. The van der Waals surface area contributed by atoms with Gasteiger partial charge >= 0.3 is 0 Å². The largest absolute Gasteiger partial charge is 0.379 e. The van der Waals surface area contributed by atoms with Gasteiger partial charge in [0.1, 0.15) is 5.82 Å². The Labute approximate surface area is 196 Å². The van der Waals surface area contributed by atoms with Gasteiger partial charge in [-0.1, -0.05) is 30.3 Å². The van der Waals surface area contributed by atoms with E-state index < -0.39 is 0 Å². The fourth-order valence-corrected chi connectivity index (χ4v) is 3.37. The van der Waals surface area contributed by atoms with Crippen LogP contribution in [0.15, 0.2) is 47.7 Å². The molecule has 7 nitrogen and oxygen atoms in total. The van der Waals surface area contributed by atoms with Gasteiger partial charge < -0.3 is 24.7 Å². The maximum atomic E-state index is 5.78. The first-order chi connectivity index (χ1) is 14.3. The SMILES string of the molecule is CN=C(NCCCOC1CCOC1)NCc1nccn1CCCc1ccccc1.I. The molecule has 1 atom stereocenters. The summed E-state index contributed by atoms with van der Waals surface area (Å²) < 4.78 is 13.3. The highest BCUT2D eigenvalue weighted by atomic mass is 127. The molecule has 2 aromatic rings. The molecule has 0 amide bonds. The van der Waals surface area contributed by atoms with Gasteiger partial charge in [-0.25, -0.2) is 4.98 Å². The van der Waals surface area contributed by atoms with E-state index in [1.165, 1.54) is 5.56 Å². The minimum atomic E-state index is 0. The molecule has 0 spiro atoms. The lowest BCUT2D eigenvalue weighted by Gasteiger charge is -2.14. The first-order valence-corrected chi connectivity index (χ1v) is 10.5. The van der Waals surface area contributed by atoms with Crippen molar-refractivity contribution < 1.29 is 9.47 Å². The topological polar surface area (TPSA) is 72.7 Å². The zero-order valence-corrected chi connectivity index (χ0v) is 20.1. The minimum Gasteiger partial charge on any atom is -0.379 e. The highest BCUT2D eigenvalue weighted by molar-refractivity contribution is 14.0. The number of nitrogens with zero attached hydrogens (tertiary/aromatic N) is 3. The van der Waals surface area contributed by atoms with Crippen LogP contribution in [0.1, 0.15) is 30.7 Å². The molecule has 1 aliphatic rings. The van der Waals surface area contributed by atoms with E-state index in [0.717, 1.165) is 70.4 Å². The highest BCUT2D eigenvalue weighted by Gasteiger charge is 2.15. The highest BCUT2D eigenvalue weighted by Crippen LogP contribution is 2.08. The predicted molar refractivity (Wildman–Crippen MR) is 130 cm³/mol. The lowest BCUT2D eigenvalue weighted by molar-refractivity contribution is 0.0420. The van der Waals surface area contributed by atoms with Crippen molar-refractivity contribution in [1.82, 2.24) is 20.2 Å². The summed E-state index contributed by atoms with van der Waals surface area (Å²) >= 11 is 0. The van der Waals surface area contributed by atoms with E-state index in [1.54, 1.807) is 7.05 Å². The quantitative estimate of drug-likeness (QED) is 0.204. The second-order valence-corrected chi connectivity index (χ2v) is 7.19. The predicted octanol–water partition coefficient (Wildman–Crippen LogP) is 2.99. The number of ether oxygens (including phenoxy) is 2. The molecular formula is C22H34IN5O2. The molecule has 1 saturated heterocycles. The summed E-state index contributed by atoms with van der Waals surface area (Å²) in [5, 5.41) is 6.68. The molecule has 0 bridgehead atoms. The maximum absolute atomic E-state index is 5.78. The van der Waals surface area contributed by atoms with E-state index in [2.05, 4.69) is 55.5 Å². The minimum absolute atomic E-state index is 0. The van der Waals surface area contributed by atoms with Crippen molar-refractivity contribution in [3.05, 3.63) is 54.1 Å². The molecule has 8 heteroatoms. The molecule has 2 N–H and O–H groups in total. The van der Waals surface area contributed by atoms with Gasteiger partial charge in [0, 0.05) is 45.7 Å². The van der Waals surface area contributed by atoms with E-state index in [9.17, 15) is 0 Å². The first kappa shape index (κ1) is 24.6. The van der Waals surface area contributed by atoms with Gasteiger partial charge in [-0.15, -0.1) is 24.0 Å². The van der Waals surface area contributed by atoms with Gasteiger partial charge in [-0.3, -0.25) is 4.99 Å². The fourth-order valence-electron chi connectivity index (χ4n) is 3.37. The van der Waals surface area contributed by atoms with Crippen LogP contribution in [-0.2, 0) is 29.0 Å². The van der Waals surface area contributed by atoms with Crippen molar-refractivity contribution in [1.29, 1.82) is 0 Å². The van der Waals surface area contributed by atoms with E-state index in [0.29, 0.717) is 6.54 Å². The second-order valence-electron chi connectivity index (χ2n) is 7.19. The first-order valence-electron chi connectivity index (χ1n) is 10.5. The molecule has 1 aromatic heterocycles. The van der Waals surface area contributed by atoms with E-state index in [1.807, 2.05) is 12.4 Å². The molecule has 1 aromatic carbocycles. The third kappa shape index (κ3) is 8.61. The van der Waals surface area contributed by atoms with Gasteiger partial charge in [0.15, 0.2) is 5.96 Å². The van der Waals surface area contributed by atoms with Crippen LogP contribution in [-0.4, -0.2) is 55.0 Å². The number of hydrogen-bond donors (Lipinski definition) is 2. The number of nitrogens with one attached hydrogen (secondary N) is 2. The van der Waals surface area contributed by atoms with Gasteiger partial charge in [0.25, 0.3) is 0 Å². The summed E-state index contributed by atoms with van der Waals surface area (Å²) in [4.78, 5) is 8.78. The van der Waals surface area contributed by atoms with Crippen molar-refractivity contribution in [2.24, 2.45) is 4.99 Å². The van der Waals surface area contributed by atoms with Crippen LogP contribution < -0.4 is 10.6 Å². The Hall–Kier alpha value is -1.65. The van der Waals surface area contributed by atoms with Crippen molar-refractivity contribution in [3.63, 3.8) is 0 Å². The molecule has 0 saturated carbocycles. The molecule has 0 radical (unpaired) electrons. The molecule has 1 unspecified atom stereocenters. The van der Waals surface area contributed by atoms with Gasteiger partial charge in [0.05, 0.1) is 19.3 Å². The van der Waals surface area contributed by atoms with Crippen LogP contribution in [0.25, 0.3) is 0 Å². The van der Waals surface area contributed by atoms with Crippen LogP contribution in [0.2, 0.25) is 0 Å². The Balaban J connectivity index is 0.00000320. The van der Waals surface area contributed by atoms with Crippen LogP contribution in [0.4, 0.5) is 0 Å². The van der Waals surface area contributed by atoms with E-state index in [4.69, 9.17) is 9.47 Å². The second kappa shape index (κ2) is 14.4. The average molecular weight is 527 g/mol. The van der Waals surface area contributed by atoms with Crippen LogP contribution in [0.3, 0.4) is 0 Å². The van der Waals surface area contributed by atoms with Crippen molar-refractivity contribution in [2.45, 2.75) is 44.9 Å². The standard InChI is InChI=1S/C22H33N5O2.HI/c1-23-22(25-11-6-15-29-20-10-16-28-18-20)26-17-21-24-12-14-27(21)13-5-9-19-7-3-2-4-8-19;/h2-4,7-8,12,14,20H,5-6,9-11,13,15-18H2,1H3,(H2,23,25,26);1H. The Kier molecular flexibility index (Phi) is 11.8. The third-order valence-electron chi connectivity index (χ3n) is 5.00. The number of hydrogen-bond acceptors (Lipinski definition) is 4. The van der Waals surface area contributed by atoms with E-state index in [-0.39, 0.29) is 30.1 Å². The summed E-state index contributed by atoms with van der Waals surface area (Å²) in [6.07, 6.45) is 8.28. The van der Waals surface area contributed by atoms with E-state index >= 15 is 0 Å². The molecule has 0 aliphatic carbocycles. The summed E-state index contributed by atoms with van der Waals surface area (Å²) in [6, 6.07) is 10.6. The molecule has 3 rings (SSSR count). The number of benzene rings is 1. The molecule has 1 aliphatic heterocycles. The monoisotopic (exact) mass is 527 g/mol. The molecular weight excluding hydrogens is 493 g/mol. The molecule has 1 fully saturated rings. The van der Waals surface area contributed by atoms with Crippen LogP contribution >= 0.6 is 24.0 Å². The molecule has 166 valence electrons. The summed E-state index contributed by atoms with van der Waals surface area (Å²) in [6.45, 7) is 4.72. The van der Waals surface area contributed by atoms with Crippen LogP contribution in [0, 0.1) is 0 Å². The van der Waals surface area contributed by atoms with Crippen molar-refractivity contribution in [2.75, 3.05) is 33.4 Å². The number of aliphatic imine (C=N–C) groups is 1. The number of imidazole rings is 1. The summed E-state index contributed by atoms with van der Waals surface area (Å²) in [5.74, 6) is 1.80. The number of aryl methyl sites for hydroxylation is 2. The van der Waals surface area contributed by atoms with Crippen molar-refractivity contribution in [3.8, 4) is 0 Å². The average Bonchev–Trinajstić information content (AvgIpc) is 3.43. The summed E-state index contributed by atoms with van der Waals surface area (Å²) in [5.41, 5.74) is 1.38. The zero-order valence-electron chi connectivity index (χ0n) is 17.8. The lowest BCUT2D eigenvalue weighted by Crippen LogP contribution is -2.38. The smallest absolute Gasteiger partial charge is 0.191 e. The molecule has 2 heterocycles. The number of guanidine groups is 1. The summed E-state index contributed by atoms with van der Waals surface area (Å²) in [7, 11) is 1.79. The van der Waals surface area contributed by atoms with Gasteiger partial charge in [0.2, 0.25) is 0 Å².